The van der Waals surface area contributed by atoms with Gasteiger partial charge in [0.05, 0.1) is 17.1 Å². The molecule has 0 radical (unpaired) electrons. The zero-order valence-electron chi connectivity index (χ0n) is 12.3. The summed E-state index contributed by atoms with van der Waals surface area (Å²) < 4.78 is 32.1. The predicted molar refractivity (Wildman–Crippen MR) is 79.2 cm³/mol. The normalized spacial score (nSPS) is 11.8. The average Bonchev–Trinajstić information content (AvgIpc) is 2.85. The van der Waals surface area contributed by atoms with Gasteiger partial charge in [-0.2, -0.15) is 0 Å². The highest BCUT2D eigenvalue weighted by Crippen LogP contribution is 2.16. The fraction of sp³-hybridized carbons (Fsp3) is 0.357. The van der Waals surface area contributed by atoms with Crippen LogP contribution in [0.3, 0.4) is 0 Å². The third kappa shape index (κ3) is 3.90. The van der Waals surface area contributed by atoms with Gasteiger partial charge in [-0.25, -0.2) is 13.1 Å². The molecule has 0 atom stereocenters. The van der Waals surface area contributed by atoms with E-state index in [2.05, 4.69) is 15.2 Å². The lowest BCUT2D eigenvalue weighted by Gasteiger charge is -2.09. The van der Waals surface area contributed by atoms with Crippen LogP contribution in [-0.2, 0) is 23.1 Å². The molecule has 1 aromatic heterocycles. The van der Waals surface area contributed by atoms with Crippen LogP contribution in [0.15, 0.2) is 33.7 Å². The summed E-state index contributed by atoms with van der Waals surface area (Å²) in [7, 11) is -1.75. The molecule has 0 aliphatic heterocycles. The van der Waals surface area contributed by atoms with Gasteiger partial charge in [-0.1, -0.05) is 11.2 Å². The Morgan fingerprint density at radius 3 is 2.57 bits per heavy atom. The third-order valence-corrected chi connectivity index (χ3v) is 4.51. The van der Waals surface area contributed by atoms with Gasteiger partial charge in [0.1, 0.15) is 0 Å². The summed E-state index contributed by atoms with van der Waals surface area (Å²) >= 11 is 0. The first-order valence-corrected chi connectivity index (χ1v) is 8.06. The number of aromatic nitrogens is 1. The Labute approximate surface area is 124 Å². The number of aryl methyl sites for hydroxylation is 2. The molecular weight excluding hydrogens is 290 g/mol. The Morgan fingerprint density at radius 2 is 1.95 bits per heavy atom. The van der Waals surface area contributed by atoms with Gasteiger partial charge in [-0.15, -0.1) is 0 Å². The first-order valence-electron chi connectivity index (χ1n) is 6.58. The molecule has 6 nitrogen and oxygen atoms in total. The highest BCUT2D eigenvalue weighted by molar-refractivity contribution is 7.89. The highest BCUT2D eigenvalue weighted by atomic mass is 32.2. The molecule has 0 saturated carbocycles. The largest absolute Gasteiger partial charge is 0.360 e. The monoisotopic (exact) mass is 309 g/mol. The van der Waals surface area contributed by atoms with Crippen molar-refractivity contribution < 1.29 is 12.9 Å². The van der Waals surface area contributed by atoms with Crippen molar-refractivity contribution in [1.29, 1.82) is 0 Å². The molecule has 21 heavy (non-hydrogen) atoms. The molecule has 2 N–H and O–H groups in total. The fourth-order valence-corrected chi connectivity index (χ4v) is 2.99. The smallest absolute Gasteiger partial charge is 0.240 e. The van der Waals surface area contributed by atoms with E-state index >= 15 is 0 Å². The molecule has 114 valence electrons. The second-order valence-corrected chi connectivity index (χ2v) is 6.64. The number of hydrogen-bond acceptors (Lipinski definition) is 5. The van der Waals surface area contributed by atoms with E-state index in [1.807, 2.05) is 14.0 Å². The zero-order valence-corrected chi connectivity index (χ0v) is 13.1. The Balaban J connectivity index is 2.17. The van der Waals surface area contributed by atoms with Crippen LogP contribution >= 0.6 is 0 Å². The Bertz CT molecular complexity index is 723. The van der Waals surface area contributed by atoms with E-state index in [0.29, 0.717) is 12.3 Å². The average molecular weight is 309 g/mol. The highest BCUT2D eigenvalue weighted by Gasteiger charge is 2.16. The molecule has 2 aromatic rings. The van der Waals surface area contributed by atoms with Gasteiger partial charge in [0.25, 0.3) is 0 Å². The van der Waals surface area contributed by atoms with E-state index < -0.39 is 10.0 Å². The maximum absolute atomic E-state index is 12.3. The molecule has 0 saturated heterocycles. The molecule has 1 aromatic carbocycles. The van der Waals surface area contributed by atoms with E-state index in [1.165, 1.54) is 0 Å². The zero-order chi connectivity index (χ0) is 15.5. The number of rotatable bonds is 6. The summed E-state index contributed by atoms with van der Waals surface area (Å²) in [4.78, 5) is 0.245. The summed E-state index contributed by atoms with van der Waals surface area (Å²) in [5.41, 5.74) is 2.72. The summed E-state index contributed by atoms with van der Waals surface area (Å²) in [6, 6.07) is 6.78. The molecule has 0 fully saturated rings. The standard InChI is InChI=1S/C14H19N3O3S/c1-10-4-5-14(7-12(10)8-15-3)21(18,19)16-9-13-6-11(2)17-20-13/h4-7,15-16H,8-9H2,1-3H3. The van der Waals surface area contributed by atoms with Crippen LogP contribution < -0.4 is 10.0 Å². The number of benzene rings is 1. The molecule has 2 rings (SSSR count). The summed E-state index contributed by atoms with van der Waals surface area (Å²) in [5.74, 6) is 0.485. The molecule has 0 unspecified atom stereocenters. The van der Waals surface area contributed by atoms with Crippen molar-refractivity contribution in [2.24, 2.45) is 0 Å². The van der Waals surface area contributed by atoms with Crippen molar-refractivity contribution >= 4 is 10.0 Å². The van der Waals surface area contributed by atoms with Crippen LogP contribution in [0.5, 0.6) is 0 Å². The van der Waals surface area contributed by atoms with Crippen molar-refractivity contribution in [1.82, 2.24) is 15.2 Å². The number of nitrogens with one attached hydrogen (secondary N) is 2. The molecule has 0 amide bonds. The molecule has 0 aliphatic carbocycles. The van der Waals surface area contributed by atoms with Crippen molar-refractivity contribution in [3.05, 3.63) is 46.8 Å². The van der Waals surface area contributed by atoms with Crippen LogP contribution in [-0.4, -0.2) is 20.6 Å². The fourth-order valence-electron chi connectivity index (χ4n) is 1.94. The third-order valence-electron chi connectivity index (χ3n) is 3.11. The van der Waals surface area contributed by atoms with Crippen LogP contribution in [0.1, 0.15) is 22.6 Å². The molecular formula is C14H19N3O3S. The van der Waals surface area contributed by atoms with Crippen LogP contribution in [0.4, 0.5) is 0 Å². The molecule has 0 spiro atoms. The Morgan fingerprint density at radius 1 is 1.19 bits per heavy atom. The Hall–Kier alpha value is -1.70. The topological polar surface area (TPSA) is 84.2 Å². The second kappa shape index (κ2) is 6.38. The van der Waals surface area contributed by atoms with E-state index in [4.69, 9.17) is 4.52 Å². The van der Waals surface area contributed by atoms with Crippen LogP contribution in [0, 0.1) is 13.8 Å². The quantitative estimate of drug-likeness (QED) is 0.844. The predicted octanol–water partition coefficient (Wildman–Crippen LogP) is 1.49. The molecule has 1 heterocycles. The SMILES string of the molecule is CNCc1cc(S(=O)(=O)NCc2cc(C)no2)ccc1C. The van der Waals surface area contributed by atoms with Gasteiger partial charge >= 0.3 is 0 Å². The van der Waals surface area contributed by atoms with Gasteiger partial charge in [-0.05, 0) is 44.2 Å². The van der Waals surface area contributed by atoms with E-state index in [9.17, 15) is 8.42 Å². The molecule has 0 aliphatic rings. The molecule has 0 bridgehead atoms. The lowest BCUT2D eigenvalue weighted by atomic mass is 10.1. The van der Waals surface area contributed by atoms with Gasteiger partial charge < -0.3 is 9.84 Å². The van der Waals surface area contributed by atoms with Crippen molar-refractivity contribution in [3.63, 3.8) is 0 Å². The number of hydrogen-bond donors (Lipinski definition) is 2. The minimum atomic E-state index is -3.57. The summed E-state index contributed by atoms with van der Waals surface area (Å²) in [5, 5.41) is 6.75. The minimum absolute atomic E-state index is 0.0818. The van der Waals surface area contributed by atoms with E-state index in [1.54, 1.807) is 31.2 Å². The summed E-state index contributed by atoms with van der Waals surface area (Å²) in [6.07, 6.45) is 0. The van der Waals surface area contributed by atoms with Gasteiger partial charge in [0, 0.05) is 12.6 Å². The minimum Gasteiger partial charge on any atom is -0.360 e. The Kier molecular flexibility index (Phi) is 4.76. The lowest BCUT2D eigenvalue weighted by Crippen LogP contribution is -2.23. The number of sulfonamides is 1. The van der Waals surface area contributed by atoms with E-state index in [0.717, 1.165) is 16.8 Å². The first kappa shape index (κ1) is 15.7. The summed E-state index contributed by atoms with van der Waals surface area (Å²) in [6.45, 7) is 4.44. The van der Waals surface area contributed by atoms with Crippen molar-refractivity contribution in [2.75, 3.05) is 7.05 Å². The first-order chi connectivity index (χ1) is 9.92. The maximum atomic E-state index is 12.3. The van der Waals surface area contributed by atoms with Gasteiger partial charge in [0.15, 0.2) is 5.76 Å². The maximum Gasteiger partial charge on any atom is 0.240 e. The second-order valence-electron chi connectivity index (χ2n) is 4.88. The van der Waals surface area contributed by atoms with Crippen LogP contribution in [0.2, 0.25) is 0 Å². The number of nitrogens with zero attached hydrogens (tertiary/aromatic N) is 1. The van der Waals surface area contributed by atoms with Crippen molar-refractivity contribution in [3.8, 4) is 0 Å². The lowest BCUT2D eigenvalue weighted by molar-refractivity contribution is 0.377. The van der Waals surface area contributed by atoms with Crippen LogP contribution in [0.25, 0.3) is 0 Å². The van der Waals surface area contributed by atoms with Gasteiger partial charge in [0.2, 0.25) is 10.0 Å². The molecule has 7 heteroatoms. The van der Waals surface area contributed by atoms with Gasteiger partial charge in [-0.3, -0.25) is 0 Å². The van der Waals surface area contributed by atoms with E-state index in [-0.39, 0.29) is 11.4 Å². The van der Waals surface area contributed by atoms with Crippen molar-refractivity contribution in [2.45, 2.75) is 31.8 Å².